The second-order valence-electron chi connectivity index (χ2n) is 9.15. The van der Waals surface area contributed by atoms with Crippen molar-refractivity contribution >= 4 is 56.8 Å². The summed E-state index contributed by atoms with van der Waals surface area (Å²) < 4.78 is 11.6. The van der Waals surface area contributed by atoms with Crippen molar-refractivity contribution in [3.63, 3.8) is 0 Å². The number of methoxy groups -OCH3 is 2. The van der Waals surface area contributed by atoms with Crippen molar-refractivity contribution in [1.82, 2.24) is 10.6 Å². The van der Waals surface area contributed by atoms with Gasteiger partial charge in [0.2, 0.25) is 11.8 Å². The summed E-state index contributed by atoms with van der Waals surface area (Å²) in [6.45, 7) is 3.50. The van der Waals surface area contributed by atoms with Crippen molar-refractivity contribution in [3.05, 3.63) is 53.4 Å². The number of hydrogen-bond acceptors (Lipinski definition) is 8. The summed E-state index contributed by atoms with van der Waals surface area (Å²) in [5.41, 5.74) is 0.578. The molecule has 0 aliphatic carbocycles. The Balaban J connectivity index is 1.67. The molecule has 11 heteroatoms. The lowest BCUT2D eigenvalue weighted by Crippen LogP contribution is -2.54. The lowest BCUT2D eigenvalue weighted by atomic mass is 10.0. The molecule has 0 saturated carbocycles. The zero-order valence-corrected chi connectivity index (χ0v) is 23.8. The summed E-state index contributed by atoms with van der Waals surface area (Å²) >= 11 is 2.87. The smallest absolute Gasteiger partial charge is 0.305 e. The van der Waals surface area contributed by atoms with Gasteiger partial charge in [0.15, 0.2) is 5.78 Å². The van der Waals surface area contributed by atoms with Crippen LogP contribution in [0.15, 0.2) is 52.7 Å². The number of ketones is 1. The molecule has 2 aromatic carbocycles. The topological polar surface area (TPSA) is 131 Å². The van der Waals surface area contributed by atoms with Gasteiger partial charge < -0.3 is 25.2 Å². The van der Waals surface area contributed by atoms with Crippen LogP contribution in [0.5, 0.6) is 11.5 Å². The standard InChI is InChI=1S/C28H32N2O7S2/c1-16(2)27(30-25(32)12-17-11-18(36-3)9-10-22(17)37-4)28(35)29-20(13-26(33)34)21(31)14-38-24-15-39-23-8-6-5-7-19(23)24/h5-11,15-16,20,27H,12-14H2,1-4H3,(H,29,35)(H,30,32)(H,33,34)/t20-,27-/m0/s1. The first-order valence-electron chi connectivity index (χ1n) is 12.3. The molecule has 2 amide bonds. The summed E-state index contributed by atoms with van der Waals surface area (Å²) in [4.78, 5) is 51.5. The van der Waals surface area contributed by atoms with Crippen molar-refractivity contribution in [2.24, 2.45) is 5.92 Å². The van der Waals surface area contributed by atoms with Crippen molar-refractivity contribution in [3.8, 4) is 11.5 Å². The second kappa shape index (κ2) is 14.0. The summed E-state index contributed by atoms with van der Waals surface area (Å²) in [5.74, 6) is -1.96. The molecule has 39 heavy (non-hydrogen) atoms. The summed E-state index contributed by atoms with van der Waals surface area (Å²) in [6.07, 6.45) is -0.630. The molecule has 2 atom stereocenters. The van der Waals surface area contributed by atoms with Crippen molar-refractivity contribution in [1.29, 1.82) is 0 Å². The molecule has 3 N–H and O–H groups in total. The number of aliphatic carboxylic acids is 1. The Kier molecular flexibility index (Phi) is 10.8. The van der Waals surface area contributed by atoms with Gasteiger partial charge in [0.05, 0.1) is 38.9 Å². The lowest BCUT2D eigenvalue weighted by molar-refractivity contribution is -0.140. The predicted octanol–water partition coefficient (Wildman–Crippen LogP) is 3.92. The molecular weight excluding hydrogens is 540 g/mol. The third-order valence-electron chi connectivity index (χ3n) is 6.00. The van der Waals surface area contributed by atoms with Crippen LogP contribution in [0.4, 0.5) is 0 Å². The van der Waals surface area contributed by atoms with E-state index < -0.39 is 42.1 Å². The van der Waals surface area contributed by atoms with E-state index in [1.807, 2.05) is 29.6 Å². The number of carbonyl (C=O) groups is 4. The third kappa shape index (κ3) is 8.21. The molecule has 1 heterocycles. The van der Waals surface area contributed by atoms with Crippen LogP contribution < -0.4 is 20.1 Å². The van der Waals surface area contributed by atoms with E-state index in [2.05, 4.69) is 10.6 Å². The number of ether oxygens (including phenoxy) is 2. The van der Waals surface area contributed by atoms with E-state index in [-0.39, 0.29) is 18.1 Å². The maximum Gasteiger partial charge on any atom is 0.305 e. The van der Waals surface area contributed by atoms with Crippen LogP contribution in [0.3, 0.4) is 0 Å². The van der Waals surface area contributed by atoms with Crippen LogP contribution >= 0.6 is 23.1 Å². The molecule has 1 aromatic heterocycles. The highest BCUT2D eigenvalue weighted by Crippen LogP contribution is 2.33. The fourth-order valence-corrected chi connectivity index (χ4v) is 6.09. The zero-order chi connectivity index (χ0) is 28.5. The number of thioether (sulfide) groups is 1. The molecule has 3 rings (SSSR count). The Morgan fingerprint density at radius 3 is 2.44 bits per heavy atom. The number of carboxylic acids is 1. The van der Waals surface area contributed by atoms with Crippen LogP contribution in [0.1, 0.15) is 25.8 Å². The third-order valence-corrected chi connectivity index (χ3v) is 8.19. The first-order chi connectivity index (χ1) is 18.6. The van der Waals surface area contributed by atoms with Crippen molar-refractivity contribution in [2.75, 3.05) is 20.0 Å². The Bertz CT molecular complexity index is 1340. The Labute approximate surface area is 235 Å². The van der Waals surface area contributed by atoms with Gasteiger partial charge in [-0.25, -0.2) is 0 Å². The van der Waals surface area contributed by atoms with E-state index in [0.29, 0.717) is 17.1 Å². The minimum absolute atomic E-state index is 0.00665. The lowest BCUT2D eigenvalue weighted by Gasteiger charge is -2.24. The van der Waals surface area contributed by atoms with Crippen LogP contribution in [-0.4, -0.2) is 60.7 Å². The Morgan fingerprint density at radius 2 is 1.77 bits per heavy atom. The average Bonchev–Trinajstić information content (AvgIpc) is 3.32. The van der Waals surface area contributed by atoms with E-state index in [9.17, 15) is 24.3 Å². The van der Waals surface area contributed by atoms with Gasteiger partial charge in [0.25, 0.3) is 0 Å². The molecule has 0 saturated heterocycles. The number of carbonyl (C=O) groups excluding carboxylic acids is 3. The number of rotatable bonds is 14. The van der Waals surface area contributed by atoms with Crippen molar-refractivity contribution < 1.29 is 33.8 Å². The van der Waals surface area contributed by atoms with Gasteiger partial charge in [-0.2, -0.15) is 0 Å². The minimum atomic E-state index is -1.23. The van der Waals surface area contributed by atoms with Gasteiger partial charge >= 0.3 is 5.97 Å². The maximum absolute atomic E-state index is 13.2. The summed E-state index contributed by atoms with van der Waals surface area (Å²) in [5, 5.41) is 17.6. The fraction of sp³-hybridized carbons (Fsp3) is 0.357. The van der Waals surface area contributed by atoms with Gasteiger partial charge in [-0.15, -0.1) is 23.1 Å². The van der Waals surface area contributed by atoms with E-state index in [4.69, 9.17) is 9.47 Å². The number of fused-ring (bicyclic) bond motifs is 1. The number of Topliss-reactive ketones (excluding diaryl/α,β-unsaturated/α-hetero) is 1. The van der Waals surface area contributed by atoms with E-state index in [1.165, 1.54) is 26.0 Å². The Hall–Kier alpha value is -3.57. The maximum atomic E-state index is 13.2. The van der Waals surface area contributed by atoms with E-state index in [1.54, 1.807) is 43.4 Å². The molecule has 208 valence electrons. The van der Waals surface area contributed by atoms with Gasteiger partial charge in [0.1, 0.15) is 17.5 Å². The van der Waals surface area contributed by atoms with Crippen LogP contribution in [0.2, 0.25) is 0 Å². The first kappa shape index (κ1) is 30.0. The highest BCUT2D eigenvalue weighted by Gasteiger charge is 2.30. The molecule has 0 unspecified atom stereocenters. The predicted molar refractivity (Wildman–Crippen MR) is 152 cm³/mol. The molecule has 3 aromatic rings. The molecule has 9 nitrogen and oxygen atoms in total. The Morgan fingerprint density at radius 1 is 1.03 bits per heavy atom. The molecule has 0 radical (unpaired) electrons. The second-order valence-corrected chi connectivity index (χ2v) is 11.1. The van der Waals surface area contributed by atoms with Crippen LogP contribution in [-0.2, 0) is 25.6 Å². The highest BCUT2D eigenvalue weighted by molar-refractivity contribution is 8.00. The van der Waals surface area contributed by atoms with E-state index >= 15 is 0 Å². The monoisotopic (exact) mass is 572 g/mol. The quantitative estimate of drug-likeness (QED) is 0.248. The van der Waals surface area contributed by atoms with Gasteiger partial charge in [-0.1, -0.05) is 32.0 Å². The summed E-state index contributed by atoms with van der Waals surface area (Å²) in [6, 6.07) is 10.7. The summed E-state index contributed by atoms with van der Waals surface area (Å²) in [7, 11) is 3.01. The number of thiophene rings is 1. The SMILES string of the molecule is COc1ccc(OC)c(CC(=O)N[C@H](C(=O)N[C@@H](CC(=O)O)C(=O)CSc2csc3ccccc23)C(C)C)c1. The van der Waals surface area contributed by atoms with Crippen LogP contribution in [0.25, 0.3) is 10.1 Å². The zero-order valence-electron chi connectivity index (χ0n) is 22.2. The molecule has 0 bridgehead atoms. The van der Waals surface area contributed by atoms with Crippen molar-refractivity contribution in [2.45, 2.75) is 43.7 Å². The van der Waals surface area contributed by atoms with Crippen LogP contribution in [0, 0.1) is 5.92 Å². The molecular formula is C28H32N2O7S2. The van der Waals surface area contributed by atoms with Gasteiger partial charge in [-0.3, -0.25) is 19.2 Å². The fourth-order valence-electron chi connectivity index (χ4n) is 3.95. The number of amides is 2. The molecule has 0 spiro atoms. The molecule has 0 aliphatic heterocycles. The average molecular weight is 573 g/mol. The molecule has 0 fully saturated rings. The normalized spacial score (nSPS) is 12.5. The number of carboxylic acid groups (broad SMARTS) is 1. The molecule has 0 aliphatic rings. The highest BCUT2D eigenvalue weighted by atomic mass is 32.2. The number of benzene rings is 2. The van der Waals surface area contributed by atoms with Gasteiger partial charge in [-0.05, 0) is 30.2 Å². The van der Waals surface area contributed by atoms with E-state index in [0.717, 1.165) is 15.0 Å². The first-order valence-corrected chi connectivity index (χ1v) is 14.1. The number of hydrogen-bond donors (Lipinski definition) is 3. The largest absolute Gasteiger partial charge is 0.497 e. The van der Waals surface area contributed by atoms with Gasteiger partial charge in [0, 0.05) is 25.9 Å². The minimum Gasteiger partial charge on any atom is -0.497 e. The number of nitrogens with one attached hydrogen (secondary N) is 2.